The summed E-state index contributed by atoms with van der Waals surface area (Å²) in [4.78, 5) is 22.9. The Hall–Kier alpha value is -1.50. The number of nitrogens with one attached hydrogen (secondary N) is 2. The second-order valence-corrected chi connectivity index (χ2v) is 9.87. The highest BCUT2D eigenvalue weighted by Crippen LogP contribution is 2.55. The summed E-state index contributed by atoms with van der Waals surface area (Å²) in [6.07, 6.45) is -0.265. The van der Waals surface area contributed by atoms with E-state index >= 15 is 0 Å². The molecule has 9 heteroatoms. The molecule has 2 N–H and O–H groups in total. The number of benzene rings is 1. The van der Waals surface area contributed by atoms with E-state index in [-0.39, 0.29) is 12.0 Å². The van der Waals surface area contributed by atoms with Gasteiger partial charge in [-0.1, -0.05) is 18.2 Å². The van der Waals surface area contributed by atoms with Gasteiger partial charge >= 0.3 is 12.7 Å². The fourth-order valence-corrected chi connectivity index (χ4v) is 5.43. The maximum absolute atomic E-state index is 13.1. The Balaban J connectivity index is 2.77. The lowest BCUT2D eigenvalue weighted by molar-refractivity contribution is -0.149. The van der Waals surface area contributed by atoms with Crippen LogP contribution in [0.4, 0.5) is 0 Å². The Labute approximate surface area is 152 Å². The van der Waals surface area contributed by atoms with Crippen molar-refractivity contribution in [2.45, 2.75) is 39.8 Å². The SMILES string of the molecule is CC(=O)NCCSP(=O)(N[C@@H](C)C(=O)OC(C)C)Oc1ccccc1. The summed E-state index contributed by atoms with van der Waals surface area (Å²) < 4.78 is 23.9. The summed E-state index contributed by atoms with van der Waals surface area (Å²) in [6.45, 7) is 3.37. The predicted octanol–water partition coefficient (Wildman–Crippen LogP) is 2.97. The summed E-state index contributed by atoms with van der Waals surface area (Å²) >= 11 is 1.03. The topological polar surface area (TPSA) is 93.7 Å². The van der Waals surface area contributed by atoms with Crippen LogP contribution >= 0.6 is 18.1 Å². The smallest absolute Gasteiger partial charge is 0.375 e. The molecule has 0 aliphatic carbocycles. The molecule has 0 saturated heterocycles. The third-order valence-corrected chi connectivity index (χ3v) is 6.75. The molecule has 25 heavy (non-hydrogen) atoms. The highest BCUT2D eigenvalue weighted by atomic mass is 32.7. The zero-order valence-electron chi connectivity index (χ0n) is 14.9. The summed E-state index contributed by atoms with van der Waals surface area (Å²) in [7, 11) is 0. The molecule has 1 amide bonds. The van der Waals surface area contributed by atoms with Crippen LogP contribution < -0.4 is 14.9 Å². The van der Waals surface area contributed by atoms with E-state index in [1.54, 1.807) is 45.0 Å². The molecule has 7 nitrogen and oxygen atoms in total. The van der Waals surface area contributed by atoms with Crippen LogP contribution in [0.1, 0.15) is 27.7 Å². The fraction of sp³-hybridized carbons (Fsp3) is 0.500. The van der Waals surface area contributed by atoms with E-state index in [1.165, 1.54) is 6.92 Å². The van der Waals surface area contributed by atoms with Crippen LogP contribution in [-0.4, -0.2) is 36.3 Å². The lowest BCUT2D eigenvalue weighted by Gasteiger charge is -2.23. The molecule has 0 aliphatic rings. The number of amides is 1. The minimum atomic E-state index is -3.44. The van der Waals surface area contributed by atoms with Crippen LogP contribution in [0, 0.1) is 0 Å². The molecule has 2 atom stereocenters. The standard InChI is InChI=1S/C16H25N2O5PS/c1-12(2)22-16(20)13(3)18-24(21,25-11-10-17-14(4)19)23-15-8-6-5-7-9-15/h5-9,12-13H,10-11H2,1-4H3,(H,17,19)(H,18,21)/t13-,24?/m0/s1. The maximum atomic E-state index is 13.1. The molecule has 140 valence electrons. The molecule has 0 aromatic heterocycles. The zero-order chi connectivity index (χ0) is 18.9. The highest BCUT2D eigenvalue weighted by molar-refractivity contribution is 8.56. The number of para-hydroxylation sites is 1. The van der Waals surface area contributed by atoms with E-state index in [9.17, 15) is 14.2 Å². The van der Waals surface area contributed by atoms with E-state index in [0.29, 0.717) is 18.0 Å². The molecule has 1 aromatic carbocycles. The van der Waals surface area contributed by atoms with Crippen molar-refractivity contribution in [3.05, 3.63) is 30.3 Å². The molecule has 1 aromatic rings. The Morgan fingerprint density at radius 1 is 1.20 bits per heavy atom. The van der Waals surface area contributed by atoms with Crippen LogP contribution in [-0.2, 0) is 18.9 Å². The molecule has 0 spiro atoms. The van der Waals surface area contributed by atoms with Gasteiger partial charge in [-0.2, -0.15) is 0 Å². The Kier molecular flexibility index (Phi) is 9.03. The third kappa shape index (κ3) is 8.95. The molecular weight excluding hydrogens is 363 g/mol. The molecule has 0 aliphatic heterocycles. The number of ether oxygens (including phenoxy) is 1. The molecule has 0 saturated carbocycles. The van der Waals surface area contributed by atoms with Crippen molar-refractivity contribution >= 4 is 30.0 Å². The minimum Gasteiger partial charge on any atom is -0.462 e. The van der Waals surface area contributed by atoms with Gasteiger partial charge in [-0.05, 0) is 44.3 Å². The first-order valence-corrected chi connectivity index (χ1v) is 11.2. The van der Waals surface area contributed by atoms with Crippen LogP contribution in [0.25, 0.3) is 0 Å². The van der Waals surface area contributed by atoms with Gasteiger partial charge in [0.1, 0.15) is 11.8 Å². The molecular formula is C16H25N2O5PS. The van der Waals surface area contributed by atoms with E-state index in [1.807, 2.05) is 6.07 Å². The first-order chi connectivity index (χ1) is 11.7. The van der Waals surface area contributed by atoms with Gasteiger partial charge in [0.25, 0.3) is 0 Å². The average Bonchev–Trinajstić information content (AvgIpc) is 2.51. The van der Waals surface area contributed by atoms with Crippen LogP contribution in [0.15, 0.2) is 30.3 Å². The van der Waals surface area contributed by atoms with Crippen molar-refractivity contribution in [2.24, 2.45) is 0 Å². The Bertz CT molecular complexity index is 612. The fourth-order valence-electron chi connectivity index (χ4n) is 1.73. The van der Waals surface area contributed by atoms with Crippen LogP contribution in [0.2, 0.25) is 0 Å². The van der Waals surface area contributed by atoms with Gasteiger partial charge in [0.05, 0.1) is 6.10 Å². The first kappa shape index (κ1) is 21.5. The quantitative estimate of drug-likeness (QED) is 0.361. The third-order valence-electron chi connectivity index (χ3n) is 2.76. The molecule has 0 heterocycles. The first-order valence-electron chi connectivity index (χ1n) is 7.94. The van der Waals surface area contributed by atoms with Gasteiger partial charge in [-0.15, -0.1) is 0 Å². The van der Waals surface area contributed by atoms with E-state index < -0.39 is 18.7 Å². The number of carbonyl (C=O) groups excluding carboxylic acids is 2. The highest BCUT2D eigenvalue weighted by Gasteiger charge is 2.31. The van der Waals surface area contributed by atoms with Gasteiger partial charge in [0.2, 0.25) is 5.91 Å². The van der Waals surface area contributed by atoms with Crippen molar-refractivity contribution in [1.29, 1.82) is 0 Å². The Morgan fingerprint density at radius 3 is 2.40 bits per heavy atom. The number of hydrogen-bond donors (Lipinski definition) is 2. The van der Waals surface area contributed by atoms with Crippen molar-refractivity contribution in [3.63, 3.8) is 0 Å². The summed E-state index contributed by atoms with van der Waals surface area (Å²) in [5.74, 6) is 0.119. The van der Waals surface area contributed by atoms with E-state index in [4.69, 9.17) is 9.26 Å². The Morgan fingerprint density at radius 2 is 1.84 bits per heavy atom. The lowest BCUT2D eigenvalue weighted by atomic mass is 10.3. The number of esters is 1. The summed E-state index contributed by atoms with van der Waals surface area (Å²) in [6, 6.07) is 7.90. The van der Waals surface area contributed by atoms with Gasteiger partial charge in [-0.25, -0.2) is 9.65 Å². The van der Waals surface area contributed by atoms with E-state index in [2.05, 4.69) is 10.4 Å². The summed E-state index contributed by atoms with van der Waals surface area (Å²) in [5.41, 5.74) is 0. The van der Waals surface area contributed by atoms with Gasteiger partial charge in [-0.3, -0.25) is 9.59 Å². The second kappa shape index (κ2) is 10.5. The zero-order valence-corrected chi connectivity index (χ0v) is 16.6. The summed E-state index contributed by atoms with van der Waals surface area (Å²) in [5, 5.41) is 5.37. The average molecular weight is 388 g/mol. The molecule has 0 bridgehead atoms. The maximum Gasteiger partial charge on any atom is 0.375 e. The normalized spacial score (nSPS) is 14.4. The molecule has 1 unspecified atom stereocenters. The van der Waals surface area contributed by atoms with Crippen molar-refractivity contribution in [3.8, 4) is 5.75 Å². The number of carbonyl (C=O) groups is 2. The largest absolute Gasteiger partial charge is 0.462 e. The number of hydrogen-bond acceptors (Lipinski definition) is 6. The lowest BCUT2D eigenvalue weighted by Crippen LogP contribution is -2.35. The monoisotopic (exact) mass is 388 g/mol. The molecule has 0 fully saturated rings. The van der Waals surface area contributed by atoms with Gasteiger partial charge in [0, 0.05) is 19.2 Å². The van der Waals surface area contributed by atoms with Gasteiger partial charge < -0.3 is 14.6 Å². The van der Waals surface area contributed by atoms with Gasteiger partial charge in [0.15, 0.2) is 0 Å². The van der Waals surface area contributed by atoms with Crippen LogP contribution in [0.5, 0.6) is 5.75 Å². The predicted molar refractivity (Wildman–Crippen MR) is 99.6 cm³/mol. The second-order valence-electron chi connectivity index (χ2n) is 5.55. The molecule has 1 rings (SSSR count). The van der Waals surface area contributed by atoms with E-state index in [0.717, 1.165) is 11.4 Å². The van der Waals surface area contributed by atoms with Crippen molar-refractivity contribution in [2.75, 3.05) is 12.3 Å². The van der Waals surface area contributed by atoms with Crippen molar-refractivity contribution in [1.82, 2.24) is 10.4 Å². The van der Waals surface area contributed by atoms with Crippen LogP contribution in [0.3, 0.4) is 0 Å². The molecule has 0 radical (unpaired) electrons. The van der Waals surface area contributed by atoms with Crippen molar-refractivity contribution < 1.29 is 23.4 Å². The number of rotatable bonds is 10. The minimum absolute atomic E-state index is 0.166.